The highest BCUT2D eigenvalue weighted by Gasteiger charge is 2.01. The number of hydrogen-bond donors (Lipinski definition) is 1. The summed E-state index contributed by atoms with van der Waals surface area (Å²) in [7, 11) is 0. The van der Waals surface area contributed by atoms with Crippen molar-refractivity contribution < 1.29 is 4.74 Å². The van der Waals surface area contributed by atoms with E-state index in [-0.39, 0.29) is 0 Å². The van der Waals surface area contributed by atoms with Crippen molar-refractivity contribution in [1.29, 1.82) is 0 Å². The highest BCUT2D eigenvalue weighted by atomic mass is 16.5. The van der Waals surface area contributed by atoms with Crippen LogP contribution in [0.3, 0.4) is 0 Å². The molecule has 1 atom stereocenters. The summed E-state index contributed by atoms with van der Waals surface area (Å²) < 4.78 is 5.69. The van der Waals surface area contributed by atoms with Gasteiger partial charge in [0.15, 0.2) is 0 Å². The van der Waals surface area contributed by atoms with Crippen LogP contribution < -0.4 is 10.5 Å². The fourth-order valence-corrected chi connectivity index (χ4v) is 1.56. The predicted octanol–water partition coefficient (Wildman–Crippen LogP) is 2.81. The Balaban J connectivity index is 2.13. The Morgan fingerprint density at radius 1 is 1.12 bits per heavy atom. The van der Waals surface area contributed by atoms with Crippen molar-refractivity contribution in [3.63, 3.8) is 0 Å². The first-order valence-corrected chi connectivity index (χ1v) is 5.61. The van der Waals surface area contributed by atoms with Crippen LogP contribution in [-0.2, 0) is 0 Å². The molecular weight excluding hydrogens is 198 g/mol. The molecule has 2 aromatic carbocycles. The lowest BCUT2D eigenvalue weighted by Crippen LogP contribution is -2.18. The van der Waals surface area contributed by atoms with Crippen molar-refractivity contribution in [2.24, 2.45) is 11.7 Å². The zero-order chi connectivity index (χ0) is 11.4. The van der Waals surface area contributed by atoms with Crippen LogP contribution in [0.1, 0.15) is 6.92 Å². The van der Waals surface area contributed by atoms with Crippen LogP contribution >= 0.6 is 0 Å². The van der Waals surface area contributed by atoms with E-state index in [9.17, 15) is 0 Å². The first-order valence-electron chi connectivity index (χ1n) is 5.61. The average molecular weight is 215 g/mol. The first kappa shape index (κ1) is 11.0. The Labute approximate surface area is 96.0 Å². The fourth-order valence-electron chi connectivity index (χ4n) is 1.56. The van der Waals surface area contributed by atoms with Crippen LogP contribution in [0.4, 0.5) is 0 Å². The van der Waals surface area contributed by atoms with Gasteiger partial charge < -0.3 is 10.5 Å². The Hall–Kier alpha value is -1.54. The van der Waals surface area contributed by atoms with Gasteiger partial charge in [0.25, 0.3) is 0 Å². The van der Waals surface area contributed by atoms with Crippen molar-refractivity contribution in [2.45, 2.75) is 6.92 Å². The third-order valence-electron chi connectivity index (χ3n) is 2.66. The monoisotopic (exact) mass is 215 g/mol. The minimum Gasteiger partial charge on any atom is -0.493 e. The molecule has 0 saturated heterocycles. The van der Waals surface area contributed by atoms with Crippen LogP contribution in [0.25, 0.3) is 10.8 Å². The summed E-state index contributed by atoms with van der Waals surface area (Å²) in [6.07, 6.45) is 0. The topological polar surface area (TPSA) is 35.2 Å². The third kappa shape index (κ3) is 2.52. The molecule has 0 spiro atoms. The van der Waals surface area contributed by atoms with Gasteiger partial charge in [-0.15, -0.1) is 0 Å². The summed E-state index contributed by atoms with van der Waals surface area (Å²) in [5, 5.41) is 2.45. The van der Waals surface area contributed by atoms with Gasteiger partial charge in [0.2, 0.25) is 0 Å². The van der Waals surface area contributed by atoms with Gasteiger partial charge in [-0.05, 0) is 29.4 Å². The molecule has 1 unspecified atom stereocenters. The molecule has 84 valence electrons. The van der Waals surface area contributed by atoms with Gasteiger partial charge in [-0.3, -0.25) is 0 Å². The van der Waals surface area contributed by atoms with E-state index in [1.807, 2.05) is 18.2 Å². The zero-order valence-electron chi connectivity index (χ0n) is 9.52. The van der Waals surface area contributed by atoms with Crippen LogP contribution in [0.2, 0.25) is 0 Å². The van der Waals surface area contributed by atoms with Crippen molar-refractivity contribution >= 4 is 10.8 Å². The van der Waals surface area contributed by atoms with Gasteiger partial charge >= 0.3 is 0 Å². The van der Waals surface area contributed by atoms with E-state index in [1.54, 1.807) is 0 Å². The molecule has 2 rings (SSSR count). The van der Waals surface area contributed by atoms with Gasteiger partial charge in [-0.25, -0.2) is 0 Å². The standard InChI is InChI=1S/C14H17NO/c1-11(9-15)10-16-14-7-6-12-4-2-3-5-13(12)8-14/h2-8,11H,9-10,15H2,1H3. The largest absolute Gasteiger partial charge is 0.493 e. The lowest BCUT2D eigenvalue weighted by molar-refractivity contribution is 0.264. The molecule has 0 saturated carbocycles. The van der Waals surface area contributed by atoms with Gasteiger partial charge in [0.1, 0.15) is 5.75 Å². The van der Waals surface area contributed by atoms with E-state index in [2.05, 4.69) is 31.2 Å². The molecule has 0 bridgehead atoms. The lowest BCUT2D eigenvalue weighted by Gasteiger charge is -2.11. The minimum atomic E-state index is 0.395. The van der Waals surface area contributed by atoms with Crippen LogP contribution in [0, 0.1) is 5.92 Å². The Kier molecular flexibility index (Phi) is 3.42. The van der Waals surface area contributed by atoms with Gasteiger partial charge in [-0.2, -0.15) is 0 Å². The zero-order valence-corrected chi connectivity index (χ0v) is 9.52. The number of ether oxygens (including phenoxy) is 1. The van der Waals surface area contributed by atoms with E-state index >= 15 is 0 Å². The Morgan fingerprint density at radius 2 is 1.88 bits per heavy atom. The van der Waals surface area contributed by atoms with Crippen molar-refractivity contribution in [3.8, 4) is 5.75 Å². The molecule has 0 aliphatic heterocycles. The molecule has 0 aliphatic rings. The highest BCUT2D eigenvalue weighted by Crippen LogP contribution is 2.20. The summed E-state index contributed by atoms with van der Waals surface area (Å²) >= 11 is 0. The molecule has 0 radical (unpaired) electrons. The molecule has 0 amide bonds. The second kappa shape index (κ2) is 4.99. The summed E-state index contributed by atoms with van der Waals surface area (Å²) in [4.78, 5) is 0. The van der Waals surface area contributed by atoms with Crippen molar-refractivity contribution in [3.05, 3.63) is 42.5 Å². The molecule has 0 aromatic heterocycles. The smallest absolute Gasteiger partial charge is 0.119 e. The van der Waals surface area contributed by atoms with E-state index in [0.717, 1.165) is 5.75 Å². The number of rotatable bonds is 4. The maximum atomic E-state index is 5.69. The number of benzene rings is 2. The summed E-state index contributed by atoms with van der Waals surface area (Å²) in [5.74, 6) is 1.31. The van der Waals surface area contributed by atoms with E-state index in [0.29, 0.717) is 19.1 Å². The third-order valence-corrected chi connectivity index (χ3v) is 2.66. The Morgan fingerprint density at radius 3 is 2.62 bits per heavy atom. The minimum absolute atomic E-state index is 0.395. The SMILES string of the molecule is CC(CN)COc1ccc2ccccc2c1. The van der Waals surface area contributed by atoms with Crippen LogP contribution in [0.15, 0.2) is 42.5 Å². The summed E-state index contributed by atoms with van der Waals surface area (Å²) in [5.41, 5.74) is 5.55. The fraction of sp³-hybridized carbons (Fsp3) is 0.286. The summed E-state index contributed by atoms with van der Waals surface area (Å²) in [6.45, 7) is 3.42. The molecular formula is C14H17NO. The quantitative estimate of drug-likeness (QED) is 0.851. The van der Waals surface area contributed by atoms with Gasteiger partial charge in [0.05, 0.1) is 6.61 Å². The van der Waals surface area contributed by atoms with Gasteiger partial charge in [-0.1, -0.05) is 37.3 Å². The van der Waals surface area contributed by atoms with Crippen LogP contribution in [-0.4, -0.2) is 13.2 Å². The Bertz CT molecular complexity index is 467. The molecule has 2 heteroatoms. The number of nitrogens with two attached hydrogens (primary N) is 1. The molecule has 16 heavy (non-hydrogen) atoms. The van der Waals surface area contributed by atoms with Crippen LogP contribution in [0.5, 0.6) is 5.75 Å². The first-order chi connectivity index (χ1) is 7.79. The molecule has 0 fully saturated rings. The molecule has 0 aliphatic carbocycles. The van der Waals surface area contributed by atoms with Gasteiger partial charge in [0, 0.05) is 5.92 Å². The van der Waals surface area contributed by atoms with E-state index in [4.69, 9.17) is 10.5 Å². The van der Waals surface area contributed by atoms with E-state index in [1.165, 1.54) is 10.8 Å². The number of fused-ring (bicyclic) bond motifs is 1. The maximum absolute atomic E-state index is 5.69. The predicted molar refractivity (Wildman–Crippen MR) is 67.7 cm³/mol. The second-order valence-corrected chi connectivity index (χ2v) is 4.16. The second-order valence-electron chi connectivity index (χ2n) is 4.16. The number of hydrogen-bond acceptors (Lipinski definition) is 2. The average Bonchev–Trinajstić information content (AvgIpc) is 2.35. The van der Waals surface area contributed by atoms with Crippen molar-refractivity contribution in [1.82, 2.24) is 0 Å². The maximum Gasteiger partial charge on any atom is 0.119 e. The lowest BCUT2D eigenvalue weighted by atomic mass is 10.1. The normalized spacial score (nSPS) is 12.6. The van der Waals surface area contributed by atoms with Crippen molar-refractivity contribution in [2.75, 3.05) is 13.2 Å². The van der Waals surface area contributed by atoms with E-state index < -0.39 is 0 Å². The molecule has 2 N–H and O–H groups in total. The molecule has 2 aromatic rings. The molecule has 0 heterocycles. The molecule has 2 nitrogen and oxygen atoms in total. The highest BCUT2D eigenvalue weighted by molar-refractivity contribution is 5.83. The summed E-state index contributed by atoms with van der Waals surface area (Å²) in [6, 6.07) is 14.4.